The predicted molar refractivity (Wildman–Crippen MR) is 267 cm³/mol. The molecule has 7 aromatic carbocycles. The van der Waals surface area contributed by atoms with Crippen molar-refractivity contribution in [3.8, 4) is 34.5 Å². The number of esters is 6. The van der Waals surface area contributed by atoms with Gasteiger partial charge in [0.15, 0.2) is 34.7 Å². The molecule has 6 aliphatic rings. The number of carbonyl (C=O) groups excluding carboxylic acids is 12. The van der Waals surface area contributed by atoms with Crippen LogP contribution in [-0.2, 0) is 19.6 Å². The molecule has 84 heavy (non-hydrogen) atoms. The molecule has 3 aliphatic carbocycles. The summed E-state index contributed by atoms with van der Waals surface area (Å²) < 4.78 is 116. The van der Waals surface area contributed by atoms with E-state index in [1.165, 1.54) is 36.4 Å². The van der Waals surface area contributed by atoms with Crippen LogP contribution in [0.15, 0.2) is 133 Å². The average Bonchev–Trinajstić information content (AvgIpc) is 2.65. The zero-order valence-electron chi connectivity index (χ0n) is 41.9. The fraction of sp³-hybridized carbons (Fsp3) is 0.100. The van der Waals surface area contributed by atoms with Crippen LogP contribution < -0.4 is 14.2 Å². The van der Waals surface area contributed by atoms with Gasteiger partial charge < -0.3 is 28.4 Å². The van der Waals surface area contributed by atoms with E-state index >= 15 is 0 Å². The molecule has 0 N–H and O–H groups in total. The molecule has 0 saturated heterocycles. The van der Waals surface area contributed by atoms with Gasteiger partial charge in [-0.3, -0.25) is 28.8 Å². The molecular formula is C60H28F6O18. The van der Waals surface area contributed by atoms with Gasteiger partial charge in [0.2, 0.25) is 5.41 Å². The lowest BCUT2D eigenvalue weighted by atomic mass is 9.71. The van der Waals surface area contributed by atoms with Crippen molar-refractivity contribution < 1.29 is 112 Å². The van der Waals surface area contributed by atoms with E-state index < -0.39 is 99.4 Å². The van der Waals surface area contributed by atoms with Crippen molar-refractivity contribution in [1.82, 2.24) is 0 Å². The van der Waals surface area contributed by atoms with Crippen LogP contribution in [0.3, 0.4) is 0 Å². The molecule has 0 atom stereocenters. The first-order valence-corrected chi connectivity index (χ1v) is 24.4. The quantitative estimate of drug-likeness (QED) is 0.0592. The standard InChI is InChI=1S/C23H12O7.C20H8F6O5.C17H8O6/c24-20-11-21(25)18-9-14(5-7-16(18)20)28-12-1-3-13(4-2-12)29-15-6-8-17-19(10-15)23(27)30-22(17)26;21-19(22,23)18(20(24,25)26,8-1-3-10-12(5-8)15(28)7-14(10)27)9-2-4-11-13(6-9)17(30)31-16(11)29;18-14-7-15(19)12-5-8(1-3-10(12)14)22-9-2-4-11-13(6-9)17(21)23-16(11)20/h1-10H,11H2;1-6H,7H2;1-6H,7H2. The Kier molecular flexibility index (Phi) is 13.2. The maximum atomic E-state index is 14.2. The summed E-state index contributed by atoms with van der Waals surface area (Å²) in [4.78, 5) is 140. The van der Waals surface area contributed by atoms with E-state index in [4.69, 9.17) is 14.2 Å². The Morgan fingerprint density at radius 2 is 0.488 bits per heavy atom. The number of hydrogen-bond donors (Lipinski definition) is 0. The Bertz CT molecular complexity index is 3960. The van der Waals surface area contributed by atoms with Crippen molar-refractivity contribution in [2.75, 3.05) is 0 Å². The Hall–Kier alpha value is -11.0. The third-order valence-electron chi connectivity index (χ3n) is 13.9. The van der Waals surface area contributed by atoms with Gasteiger partial charge in [0.1, 0.15) is 34.5 Å². The fourth-order valence-corrected chi connectivity index (χ4v) is 9.92. The second-order valence-corrected chi connectivity index (χ2v) is 19.0. The molecule has 3 aliphatic heterocycles. The van der Waals surface area contributed by atoms with Crippen LogP contribution >= 0.6 is 0 Å². The van der Waals surface area contributed by atoms with Gasteiger partial charge in [-0.05, 0) is 126 Å². The Morgan fingerprint density at radius 3 is 0.833 bits per heavy atom. The number of hydrogen-bond acceptors (Lipinski definition) is 18. The van der Waals surface area contributed by atoms with Crippen LogP contribution in [0.4, 0.5) is 26.3 Å². The number of benzene rings is 7. The number of halogens is 6. The summed E-state index contributed by atoms with van der Waals surface area (Å²) in [6, 6.07) is 28.0. The summed E-state index contributed by atoms with van der Waals surface area (Å²) in [5, 5.41) is 0. The Labute approximate surface area is 464 Å². The second kappa shape index (κ2) is 20.2. The molecule has 0 unspecified atom stereocenters. The van der Waals surface area contributed by atoms with Gasteiger partial charge in [-0.2, -0.15) is 26.3 Å². The van der Waals surface area contributed by atoms with Gasteiger partial charge >= 0.3 is 48.2 Å². The highest BCUT2D eigenvalue weighted by Gasteiger charge is 2.73. The van der Waals surface area contributed by atoms with E-state index in [2.05, 4.69) is 14.2 Å². The first kappa shape index (κ1) is 54.9. The number of alkyl halides is 6. The lowest BCUT2D eigenvalue weighted by Gasteiger charge is -2.38. The van der Waals surface area contributed by atoms with Gasteiger partial charge in [-0.25, -0.2) is 28.8 Å². The molecule has 0 amide bonds. The molecule has 0 radical (unpaired) electrons. The van der Waals surface area contributed by atoms with Crippen molar-refractivity contribution in [2.45, 2.75) is 37.0 Å². The maximum absolute atomic E-state index is 14.2. The number of carbonyl (C=O) groups is 12. The summed E-state index contributed by atoms with van der Waals surface area (Å²) in [6.07, 6.45) is -12.8. The largest absolute Gasteiger partial charge is 0.457 e. The van der Waals surface area contributed by atoms with Crippen LogP contribution in [0, 0.1) is 0 Å². The SMILES string of the molecule is O=C1CC(=O)c2cc(C(c3ccc4c(c3)C(=O)OC4=O)(C(F)(F)F)C(F)(F)F)ccc21.O=C1CC(=O)c2cc(Oc3ccc(Oc4ccc5c(c4)C(=O)OC5=O)cc3)ccc21.O=C1CC(=O)c2cc(Oc3ccc4c(c3)C(=O)OC4=O)ccc21. The van der Waals surface area contributed by atoms with Crippen molar-refractivity contribution in [2.24, 2.45) is 0 Å². The number of ketones is 6. The highest BCUT2D eigenvalue weighted by atomic mass is 19.4. The summed E-state index contributed by atoms with van der Waals surface area (Å²) in [7, 11) is 0. The highest BCUT2D eigenvalue weighted by Crippen LogP contribution is 2.57. The molecule has 3 heterocycles. The van der Waals surface area contributed by atoms with E-state index in [0.29, 0.717) is 87.1 Å². The third kappa shape index (κ3) is 9.52. The van der Waals surface area contributed by atoms with Crippen LogP contribution in [0.2, 0.25) is 0 Å². The molecule has 0 aromatic heterocycles. The van der Waals surface area contributed by atoms with E-state index in [-0.39, 0.29) is 63.8 Å². The summed E-state index contributed by atoms with van der Waals surface area (Å²) in [5.74, 6) is -5.23. The average molecular weight is 1150 g/mol. The lowest BCUT2D eigenvalue weighted by Crippen LogP contribution is -2.55. The minimum atomic E-state index is -5.98. The van der Waals surface area contributed by atoms with Crippen molar-refractivity contribution in [1.29, 1.82) is 0 Å². The number of rotatable bonds is 8. The van der Waals surface area contributed by atoms with Crippen molar-refractivity contribution in [3.05, 3.63) is 211 Å². The molecular weight excluding hydrogens is 1120 g/mol. The zero-order valence-corrected chi connectivity index (χ0v) is 41.9. The van der Waals surface area contributed by atoms with Crippen LogP contribution in [0.1, 0.15) is 155 Å². The van der Waals surface area contributed by atoms with Gasteiger partial charge in [0, 0.05) is 33.4 Å². The van der Waals surface area contributed by atoms with Gasteiger partial charge in [0.05, 0.1) is 52.6 Å². The number of Topliss-reactive ketones (excluding diaryl/α,β-unsaturated/α-hetero) is 6. The van der Waals surface area contributed by atoms with Crippen LogP contribution in [0.5, 0.6) is 34.5 Å². The number of cyclic esters (lactones) is 6. The van der Waals surface area contributed by atoms with Gasteiger partial charge in [-0.15, -0.1) is 0 Å². The van der Waals surface area contributed by atoms with E-state index in [9.17, 15) is 83.9 Å². The molecule has 13 rings (SSSR count). The second-order valence-electron chi connectivity index (χ2n) is 19.0. The first-order valence-electron chi connectivity index (χ1n) is 24.4. The van der Waals surface area contributed by atoms with Gasteiger partial charge in [-0.1, -0.05) is 18.2 Å². The maximum Gasteiger partial charge on any atom is 0.411 e. The minimum absolute atomic E-state index is 0.0978. The van der Waals surface area contributed by atoms with E-state index in [1.807, 2.05) is 0 Å². The molecule has 0 fully saturated rings. The lowest BCUT2D eigenvalue weighted by molar-refractivity contribution is -0.288. The van der Waals surface area contributed by atoms with Crippen LogP contribution in [-0.4, -0.2) is 82.9 Å². The van der Waals surface area contributed by atoms with Crippen LogP contribution in [0.25, 0.3) is 0 Å². The van der Waals surface area contributed by atoms with Crippen molar-refractivity contribution >= 4 is 70.5 Å². The van der Waals surface area contributed by atoms with Crippen molar-refractivity contribution in [3.63, 3.8) is 0 Å². The molecule has 18 nitrogen and oxygen atoms in total. The molecule has 0 saturated carbocycles. The molecule has 24 heteroatoms. The van der Waals surface area contributed by atoms with E-state index in [0.717, 1.165) is 6.07 Å². The molecule has 0 spiro atoms. The fourth-order valence-electron chi connectivity index (χ4n) is 9.92. The topological polar surface area (TPSA) is 260 Å². The zero-order chi connectivity index (χ0) is 59.9. The molecule has 418 valence electrons. The predicted octanol–water partition coefficient (Wildman–Crippen LogP) is 11.1. The highest BCUT2D eigenvalue weighted by molar-refractivity contribution is 6.26. The summed E-state index contributed by atoms with van der Waals surface area (Å²) in [5.41, 5.74) is -7.18. The van der Waals surface area contributed by atoms with E-state index in [1.54, 1.807) is 60.7 Å². The molecule has 0 bridgehead atoms. The Balaban J connectivity index is 0.000000133. The Morgan fingerprint density at radius 1 is 0.262 bits per heavy atom. The number of fused-ring (bicyclic) bond motifs is 6. The minimum Gasteiger partial charge on any atom is -0.457 e. The summed E-state index contributed by atoms with van der Waals surface area (Å²) in [6.45, 7) is 0. The smallest absolute Gasteiger partial charge is 0.411 e. The number of ether oxygens (including phenoxy) is 6. The third-order valence-corrected chi connectivity index (χ3v) is 13.9. The summed E-state index contributed by atoms with van der Waals surface area (Å²) >= 11 is 0. The molecule has 7 aromatic rings. The first-order chi connectivity index (χ1) is 39.8. The monoisotopic (exact) mass is 1150 g/mol. The normalized spacial score (nSPS) is 15.5. The van der Waals surface area contributed by atoms with Gasteiger partial charge in [0.25, 0.3) is 0 Å².